The molecule has 0 heterocycles. The van der Waals surface area contributed by atoms with Gasteiger partial charge in [0, 0.05) is 0 Å². The van der Waals surface area contributed by atoms with Gasteiger partial charge in [0.15, 0.2) is 6.04 Å². The molecule has 0 aromatic heterocycles. The van der Waals surface area contributed by atoms with E-state index < -0.39 is 28.0 Å². The van der Waals surface area contributed by atoms with Crippen molar-refractivity contribution < 1.29 is 32.1 Å². The fourth-order valence-corrected chi connectivity index (χ4v) is 3.73. The third-order valence-corrected chi connectivity index (χ3v) is 6.00. The number of likely N-dealkylation sites (N-methyl/N-ethyl adjacent to an activating group) is 1. The summed E-state index contributed by atoms with van der Waals surface area (Å²) in [6.45, 7) is 4.25. The third-order valence-electron chi connectivity index (χ3n) is 5.21. The Hall–Kier alpha value is -0.700. The molecule has 168 valence electrons. The number of ether oxygens (including phenoxy) is 1. The Labute approximate surface area is 171 Å². The van der Waals surface area contributed by atoms with E-state index in [9.17, 15) is 22.9 Å². The molecular weight excluding hydrogens is 382 g/mol. The highest BCUT2D eigenvalue weighted by atomic mass is 32.2. The zero-order chi connectivity index (χ0) is 21.6. The highest BCUT2D eigenvalue weighted by Gasteiger charge is 2.34. The molecule has 1 N–H and O–H groups in total. The van der Waals surface area contributed by atoms with E-state index >= 15 is 0 Å². The molecule has 0 saturated heterocycles. The maximum absolute atomic E-state index is 12.2. The van der Waals surface area contributed by atoms with E-state index in [1.165, 1.54) is 44.9 Å². The van der Waals surface area contributed by atoms with Crippen molar-refractivity contribution in [2.75, 3.05) is 33.0 Å². The zero-order valence-corrected chi connectivity index (χ0v) is 19.0. The van der Waals surface area contributed by atoms with Gasteiger partial charge in [0.05, 0.1) is 36.6 Å². The minimum absolute atomic E-state index is 0.0179. The first-order chi connectivity index (χ1) is 13.0. The molecule has 0 bridgehead atoms. The number of hydrogen-bond donors (Lipinski definition) is 1. The normalized spacial score (nSPS) is 14.6. The first-order valence-corrected chi connectivity index (χ1v) is 12.2. The molecule has 0 aromatic carbocycles. The molecule has 0 rings (SSSR count). The summed E-state index contributed by atoms with van der Waals surface area (Å²) in [6, 6.07) is -0.563. The number of carbonyl (C=O) groups is 1. The van der Waals surface area contributed by atoms with Crippen molar-refractivity contribution in [3.63, 3.8) is 0 Å². The van der Waals surface area contributed by atoms with E-state index in [0.717, 1.165) is 19.3 Å². The van der Waals surface area contributed by atoms with Crippen LogP contribution >= 0.6 is 0 Å². The SMILES string of the molecule is CCCCCCCCCCCCOC(=O)C(C)[N+](C)(C)CC(O)CS(=O)(=O)[O-]. The molecule has 0 amide bonds. The molecule has 0 aliphatic heterocycles. The molecule has 2 unspecified atom stereocenters. The van der Waals surface area contributed by atoms with Gasteiger partial charge in [0.25, 0.3) is 0 Å². The number of esters is 1. The minimum Gasteiger partial charge on any atom is -0.748 e. The van der Waals surface area contributed by atoms with Crippen molar-refractivity contribution in [1.82, 2.24) is 0 Å². The van der Waals surface area contributed by atoms with Crippen LogP contribution in [0, 0.1) is 0 Å². The molecule has 0 aliphatic carbocycles. The van der Waals surface area contributed by atoms with Crippen LogP contribution in [0.1, 0.15) is 78.1 Å². The molecule has 7 nitrogen and oxygen atoms in total. The second-order valence-corrected chi connectivity index (χ2v) is 9.81. The van der Waals surface area contributed by atoms with Crippen LogP contribution < -0.4 is 0 Å². The average molecular weight is 424 g/mol. The average Bonchev–Trinajstić information content (AvgIpc) is 2.56. The van der Waals surface area contributed by atoms with Crippen molar-refractivity contribution in [3.05, 3.63) is 0 Å². The van der Waals surface area contributed by atoms with Gasteiger partial charge in [-0.1, -0.05) is 64.7 Å². The maximum Gasteiger partial charge on any atom is 0.364 e. The van der Waals surface area contributed by atoms with Crippen molar-refractivity contribution in [2.45, 2.75) is 90.2 Å². The molecule has 28 heavy (non-hydrogen) atoms. The van der Waals surface area contributed by atoms with Crippen molar-refractivity contribution in [3.8, 4) is 0 Å². The predicted molar refractivity (Wildman–Crippen MR) is 110 cm³/mol. The van der Waals surface area contributed by atoms with Crippen LogP contribution in [0.15, 0.2) is 0 Å². The zero-order valence-electron chi connectivity index (χ0n) is 18.2. The summed E-state index contributed by atoms with van der Waals surface area (Å²) in [5, 5.41) is 9.78. The molecule has 0 aromatic rings. The Kier molecular flexibility index (Phi) is 14.0. The number of aliphatic hydroxyl groups is 1. The Morgan fingerprint density at radius 2 is 1.46 bits per heavy atom. The lowest BCUT2D eigenvalue weighted by Gasteiger charge is -2.36. The molecular formula is C20H41NO6S. The summed E-state index contributed by atoms with van der Waals surface area (Å²) in [5.41, 5.74) is 0. The second kappa shape index (κ2) is 14.3. The molecule has 0 fully saturated rings. The standard InChI is InChI=1S/C20H41NO6S/c1-5-6-7-8-9-10-11-12-13-14-15-27-20(23)18(2)21(3,4)16-19(22)17-28(24,25)26/h18-19,22H,5-17H2,1-4H3. The van der Waals surface area contributed by atoms with Gasteiger partial charge >= 0.3 is 5.97 Å². The fourth-order valence-electron chi connectivity index (χ4n) is 3.16. The maximum atomic E-state index is 12.2. The number of aliphatic hydroxyl groups excluding tert-OH is 1. The smallest absolute Gasteiger partial charge is 0.364 e. The Balaban J connectivity index is 3.93. The summed E-state index contributed by atoms with van der Waals surface area (Å²) in [7, 11) is -1.10. The van der Waals surface area contributed by atoms with E-state index in [1.54, 1.807) is 21.0 Å². The topological polar surface area (TPSA) is 104 Å². The van der Waals surface area contributed by atoms with Crippen LogP contribution in [0.3, 0.4) is 0 Å². The number of unbranched alkanes of at least 4 members (excludes halogenated alkanes) is 9. The fraction of sp³-hybridized carbons (Fsp3) is 0.950. The van der Waals surface area contributed by atoms with Crippen LogP contribution in [0.5, 0.6) is 0 Å². The van der Waals surface area contributed by atoms with E-state index in [-0.39, 0.29) is 17.0 Å². The first-order valence-electron chi connectivity index (χ1n) is 10.6. The van der Waals surface area contributed by atoms with Crippen molar-refractivity contribution in [2.24, 2.45) is 0 Å². The number of rotatable bonds is 17. The van der Waals surface area contributed by atoms with Gasteiger partial charge < -0.3 is 18.9 Å². The minimum atomic E-state index is -4.50. The van der Waals surface area contributed by atoms with Crippen LogP contribution in [0.4, 0.5) is 0 Å². The summed E-state index contributed by atoms with van der Waals surface area (Å²) >= 11 is 0. The van der Waals surface area contributed by atoms with Gasteiger partial charge in [-0.3, -0.25) is 0 Å². The largest absolute Gasteiger partial charge is 0.748 e. The van der Waals surface area contributed by atoms with Crippen LogP contribution in [0.25, 0.3) is 0 Å². The Morgan fingerprint density at radius 3 is 1.93 bits per heavy atom. The van der Waals surface area contributed by atoms with Crippen molar-refractivity contribution >= 4 is 16.1 Å². The summed E-state index contributed by atoms with van der Waals surface area (Å²) < 4.78 is 37.6. The monoisotopic (exact) mass is 423 g/mol. The van der Waals surface area contributed by atoms with Crippen LogP contribution in [-0.2, 0) is 19.6 Å². The first kappa shape index (κ1) is 27.3. The lowest BCUT2D eigenvalue weighted by Crippen LogP contribution is -2.56. The summed E-state index contributed by atoms with van der Waals surface area (Å²) in [6.07, 6.45) is 10.8. The number of hydrogen-bond acceptors (Lipinski definition) is 6. The van der Waals surface area contributed by atoms with Gasteiger partial charge in [-0.15, -0.1) is 0 Å². The van der Waals surface area contributed by atoms with Gasteiger partial charge in [-0.25, -0.2) is 13.2 Å². The molecule has 0 spiro atoms. The quantitative estimate of drug-likeness (QED) is 0.167. The Morgan fingerprint density at radius 1 is 1.00 bits per heavy atom. The number of carbonyl (C=O) groups excluding carboxylic acids is 1. The summed E-state index contributed by atoms with van der Waals surface area (Å²) in [4.78, 5) is 12.2. The van der Waals surface area contributed by atoms with Crippen molar-refractivity contribution in [1.29, 1.82) is 0 Å². The second-order valence-electron chi connectivity index (χ2n) is 8.36. The van der Waals surface area contributed by atoms with Gasteiger partial charge in [-0.05, 0) is 13.3 Å². The number of quaternary nitrogens is 1. The molecule has 2 atom stereocenters. The van der Waals surface area contributed by atoms with Gasteiger partial charge in [0.2, 0.25) is 0 Å². The Bertz CT molecular complexity index is 521. The molecule has 0 radical (unpaired) electrons. The molecule has 8 heteroatoms. The van der Waals surface area contributed by atoms with Crippen LogP contribution in [0.2, 0.25) is 0 Å². The third kappa shape index (κ3) is 14.3. The van der Waals surface area contributed by atoms with E-state index in [0.29, 0.717) is 6.61 Å². The van der Waals surface area contributed by atoms with Gasteiger partial charge in [0.1, 0.15) is 12.6 Å². The lowest BCUT2D eigenvalue weighted by atomic mass is 10.1. The molecule has 0 saturated carbocycles. The van der Waals surface area contributed by atoms with E-state index in [4.69, 9.17) is 4.74 Å². The van der Waals surface area contributed by atoms with Crippen LogP contribution in [-0.4, -0.2) is 73.7 Å². The lowest BCUT2D eigenvalue weighted by molar-refractivity contribution is -0.907. The predicted octanol–water partition coefficient (Wildman–Crippen LogP) is 2.82. The molecule has 0 aliphatic rings. The number of nitrogens with zero attached hydrogens (tertiary/aromatic N) is 1. The highest BCUT2D eigenvalue weighted by Crippen LogP contribution is 2.13. The summed E-state index contributed by atoms with van der Waals surface area (Å²) in [5.74, 6) is -1.23. The highest BCUT2D eigenvalue weighted by molar-refractivity contribution is 7.85. The van der Waals surface area contributed by atoms with E-state index in [2.05, 4.69) is 6.92 Å². The van der Waals surface area contributed by atoms with Gasteiger partial charge in [-0.2, -0.15) is 0 Å². The van der Waals surface area contributed by atoms with E-state index in [1.807, 2.05) is 0 Å².